The number of carbonyl (C=O) groups is 3. The fourth-order valence-electron chi connectivity index (χ4n) is 11.5. The van der Waals surface area contributed by atoms with Crippen LogP contribution < -0.4 is 0 Å². The second kappa shape index (κ2) is 40.1. The van der Waals surface area contributed by atoms with E-state index in [1.165, 1.54) is 133 Å². The van der Waals surface area contributed by atoms with Crippen molar-refractivity contribution in [3.8, 4) is 33.8 Å². The quantitative estimate of drug-likeness (QED) is 0.0447. The number of aromatic nitrogens is 9. The molecule has 3 radical (unpaired) electrons. The van der Waals surface area contributed by atoms with E-state index in [0.29, 0.717) is 33.3 Å². The minimum atomic E-state index is -0.990. The predicted octanol–water partition coefficient (Wildman–Crippen LogP) is 16.5. The van der Waals surface area contributed by atoms with Crippen molar-refractivity contribution in [1.29, 1.82) is 0 Å². The van der Waals surface area contributed by atoms with Gasteiger partial charge in [0.2, 0.25) is 0 Å². The SMILES string of the molecule is CC1(Cc2ccnc(-c3[c-]cc(F)nc3F)c2)CCCC1.CC1(Cc2ccnc(-c3[c-]cc(F)nc3F)c2)CCCCC1.CC1(Cc2ccnc(-c3[c-]cc(F)nc3F)c2)CCCCCC1.O=C(O)c1ccccn1.O=C(O)c1ccccn1.O=C(O)c1ccccn1.[Ir].[Ir].[Ir]. The molecule has 0 aromatic carbocycles. The zero-order valence-corrected chi connectivity index (χ0v) is 60.1. The molecule has 9 aromatic rings. The maximum Gasteiger partial charge on any atom is 0.354 e. The van der Waals surface area contributed by atoms with Gasteiger partial charge in [-0.05, 0) is 146 Å². The van der Waals surface area contributed by atoms with Crippen molar-refractivity contribution in [2.75, 3.05) is 0 Å². The molecule has 3 saturated carbocycles. The smallest absolute Gasteiger partial charge is 0.354 e. The molecule has 0 amide bonds. The van der Waals surface area contributed by atoms with Crippen LogP contribution in [-0.2, 0) is 79.6 Å². The van der Waals surface area contributed by atoms with Gasteiger partial charge >= 0.3 is 17.9 Å². The first-order chi connectivity index (χ1) is 44.6. The van der Waals surface area contributed by atoms with Crippen molar-refractivity contribution in [1.82, 2.24) is 44.9 Å². The van der Waals surface area contributed by atoms with Crippen LogP contribution in [0.5, 0.6) is 0 Å². The first-order valence-electron chi connectivity index (χ1n) is 30.6. The van der Waals surface area contributed by atoms with Crippen molar-refractivity contribution >= 4 is 17.9 Å². The Balaban J connectivity index is 0.000000254. The summed E-state index contributed by atoms with van der Waals surface area (Å²) in [5.74, 6) is -8.18. The largest absolute Gasteiger partial charge is 0.477 e. The fraction of sp³-hybridized carbons (Fsp3) is 0.333. The molecule has 3 N–H and O–H groups in total. The maximum absolute atomic E-state index is 13.8. The summed E-state index contributed by atoms with van der Waals surface area (Å²) >= 11 is 0. The van der Waals surface area contributed by atoms with Crippen LogP contribution in [-0.4, -0.2) is 78.1 Å². The molecule has 3 fully saturated rings. The number of nitrogens with zero attached hydrogens (tertiary/aromatic N) is 9. The van der Waals surface area contributed by atoms with E-state index in [1.807, 2.05) is 36.4 Å². The van der Waals surface area contributed by atoms with Crippen LogP contribution >= 0.6 is 0 Å². The molecule has 0 bridgehead atoms. The van der Waals surface area contributed by atoms with Crippen LogP contribution in [0.3, 0.4) is 0 Å². The molecule has 9 heterocycles. The molecule has 513 valence electrons. The average Bonchev–Trinajstić information content (AvgIpc) is 0.994. The first kappa shape index (κ1) is 80.7. The van der Waals surface area contributed by atoms with Gasteiger partial charge in [-0.1, -0.05) is 167 Å². The molecule has 24 heteroatoms. The molecule has 0 unspecified atom stereocenters. The van der Waals surface area contributed by atoms with Gasteiger partial charge in [0, 0.05) is 97.5 Å². The number of hydrogen-bond donors (Lipinski definition) is 3. The molecule has 0 atom stereocenters. The number of halogens is 6. The Labute approximate surface area is 595 Å². The molecule has 12 rings (SSSR count). The maximum atomic E-state index is 13.8. The van der Waals surface area contributed by atoms with Crippen LogP contribution in [0.2, 0.25) is 0 Å². The van der Waals surface area contributed by atoms with Crippen molar-refractivity contribution in [2.24, 2.45) is 16.2 Å². The Bertz CT molecular complexity index is 3760. The summed E-state index contributed by atoms with van der Waals surface area (Å²) in [6, 6.07) is 36.7. The summed E-state index contributed by atoms with van der Waals surface area (Å²) in [6.45, 7) is 6.95. The van der Waals surface area contributed by atoms with E-state index >= 15 is 0 Å². The summed E-state index contributed by atoms with van der Waals surface area (Å²) in [5, 5.41) is 25.0. The summed E-state index contributed by atoms with van der Waals surface area (Å²) < 4.78 is 80.0. The minimum absolute atomic E-state index is 0. The van der Waals surface area contributed by atoms with E-state index in [9.17, 15) is 40.7 Å². The van der Waals surface area contributed by atoms with Gasteiger partial charge in [-0.3, -0.25) is 15.0 Å². The molecule has 0 spiro atoms. The molecular formula is C72H72F6Ir3N9O6-3. The van der Waals surface area contributed by atoms with E-state index in [-0.39, 0.29) is 94.1 Å². The Hall–Kier alpha value is -7.71. The standard InChI is InChI=1S/C19H21F2N2.C18H19F2N2.C17H17F2N2.3C6H5NO2.3Ir/c1-19(9-4-2-3-5-10-19)13-14-8-11-22-16(12-14)15-6-7-17(20)23-18(15)21;1-18(8-3-2-4-9-18)12-13-7-10-21-15(11-13)14-5-6-16(19)22-17(14)20;1-17(7-2-3-8-17)11-12-6-9-20-14(10-12)13-4-5-15(18)21-16(13)19;3*8-6(9)5-3-1-2-4-7-5;;;/h7-8,11-12H,2-5,9-10,13H2,1H3;6-7,10-11H,2-4,8-9,12H2,1H3;5-6,9-10H,2-3,7-8,11H2,1H3;3*1-4H,(H,8,9);;;/q3*-1;;;;;;. The first-order valence-corrected chi connectivity index (χ1v) is 30.6. The van der Waals surface area contributed by atoms with Gasteiger partial charge in [0.15, 0.2) is 0 Å². The molecule has 0 saturated heterocycles. The van der Waals surface area contributed by atoms with Crippen LogP contribution in [0.1, 0.15) is 165 Å². The summed E-state index contributed by atoms with van der Waals surface area (Å²) in [4.78, 5) is 63.3. The van der Waals surface area contributed by atoms with Crippen molar-refractivity contribution in [3.05, 3.63) is 234 Å². The zero-order chi connectivity index (χ0) is 66.8. The van der Waals surface area contributed by atoms with Gasteiger partial charge in [0.25, 0.3) is 0 Å². The summed E-state index contributed by atoms with van der Waals surface area (Å²) in [6.07, 6.45) is 31.2. The minimum Gasteiger partial charge on any atom is -0.477 e. The second-order valence-electron chi connectivity index (χ2n) is 24.0. The van der Waals surface area contributed by atoms with Crippen LogP contribution in [0.15, 0.2) is 146 Å². The average molecular weight is 1850 g/mol. The van der Waals surface area contributed by atoms with E-state index in [2.05, 4.69) is 83.8 Å². The van der Waals surface area contributed by atoms with Gasteiger partial charge in [-0.25, -0.2) is 55.7 Å². The fourth-order valence-corrected chi connectivity index (χ4v) is 11.5. The number of pyridine rings is 9. The van der Waals surface area contributed by atoms with Crippen LogP contribution in [0.4, 0.5) is 26.3 Å². The third-order valence-electron chi connectivity index (χ3n) is 16.2. The summed E-state index contributed by atoms with van der Waals surface area (Å²) in [7, 11) is 0. The zero-order valence-electron chi connectivity index (χ0n) is 52.9. The molecular weight excluding hydrogens is 1780 g/mol. The van der Waals surface area contributed by atoms with Crippen molar-refractivity contribution < 1.29 is 116 Å². The molecule has 96 heavy (non-hydrogen) atoms. The number of hydrogen-bond acceptors (Lipinski definition) is 12. The van der Waals surface area contributed by atoms with E-state index in [0.717, 1.165) is 54.2 Å². The van der Waals surface area contributed by atoms with Gasteiger partial charge < -0.3 is 30.3 Å². The summed E-state index contributed by atoms with van der Waals surface area (Å²) in [5.41, 5.74) is 6.30. The Morgan fingerprint density at radius 3 is 0.844 bits per heavy atom. The predicted molar refractivity (Wildman–Crippen MR) is 337 cm³/mol. The molecule has 3 aliphatic rings. The number of carboxylic acid groups (broad SMARTS) is 3. The third-order valence-corrected chi connectivity index (χ3v) is 16.2. The topological polar surface area (TPSA) is 228 Å². The number of aromatic carboxylic acids is 3. The van der Waals surface area contributed by atoms with Crippen molar-refractivity contribution in [2.45, 2.75) is 136 Å². The van der Waals surface area contributed by atoms with Gasteiger partial charge in [0.05, 0.1) is 0 Å². The second-order valence-corrected chi connectivity index (χ2v) is 24.0. The molecule has 0 aliphatic heterocycles. The van der Waals surface area contributed by atoms with Gasteiger partial charge in [-0.2, -0.15) is 0 Å². The number of rotatable bonds is 12. The van der Waals surface area contributed by atoms with E-state index in [4.69, 9.17) is 15.3 Å². The van der Waals surface area contributed by atoms with Crippen LogP contribution in [0, 0.1) is 70.1 Å². The molecule has 15 nitrogen and oxygen atoms in total. The normalized spacial score (nSPS) is 14.5. The number of carboxylic acids is 3. The van der Waals surface area contributed by atoms with E-state index < -0.39 is 53.6 Å². The Kier molecular flexibility index (Phi) is 33.7. The van der Waals surface area contributed by atoms with Gasteiger partial charge in [0.1, 0.15) is 52.8 Å². The Morgan fingerprint density at radius 2 is 0.625 bits per heavy atom. The van der Waals surface area contributed by atoms with Gasteiger partial charge in [-0.15, -0.1) is 18.2 Å². The monoisotopic (exact) mass is 1850 g/mol. The third kappa shape index (κ3) is 26.4. The molecule has 9 aromatic heterocycles. The Morgan fingerprint density at radius 1 is 0.375 bits per heavy atom. The van der Waals surface area contributed by atoms with E-state index in [1.54, 1.807) is 55.0 Å². The molecule has 3 aliphatic carbocycles. The van der Waals surface area contributed by atoms with Crippen molar-refractivity contribution in [3.63, 3.8) is 0 Å². The van der Waals surface area contributed by atoms with Crippen LogP contribution in [0.25, 0.3) is 33.8 Å².